The van der Waals surface area contributed by atoms with Gasteiger partial charge in [-0.1, -0.05) is 20.3 Å². The molecule has 0 amide bonds. The molecule has 0 saturated heterocycles. The molecule has 0 spiro atoms. The van der Waals surface area contributed by atoms with E-state index in [9.17, 15) is 0 Å². The smallest absolute Gasteiger partial charge is 0.0314 e. The average Bonchev–Trinajstić information content (AvgIpc) is 2.62. The number of halogens is 1. The normalized spacial score (nSPS) is 11.2. The Labute approximate surface area is 112 Å². The molecule has 1 heterocycles. The molecule has 16 heavy (non-hydrogen) atoms. The van der Waals surface area contributed by atoms with E-state index in [0.717, 1.165) is 12.5 Å². The molecule has 1 N–H and O–H groups in total. The van der Waals surface area contributed by atoms with Crippen LogP contribution in [0.1, 0.15) is 38.0 Å². The molecule has 0 fully saturated rings. The van der Waals surface area contributed by atoms with Gasteiger partial charge >= 0.3 is 0 Å². The molecule has 1 aromatic heterocycles. The zero-order valence-electron chi connectivity index (χ0n) is 10.3. The number of hydrogen-bond donors (Lipinski definition) is 1. The summed E-state index contributed by atoms with van der Waals surface area (Å²) in [6.07, 6.45) is 5.16. The minimum atomic E-state index is 0.766. The van der Waals surface area contributed by atoms with Crippen LogP contribution in [0.25, 0.3) is 0 Å². The quantitative estimate of drug-likeness (QED) is 0.699. The van der Waals surface area contributed by atoms with E-state index >= 15 is 0 Å². The first kappa shape index (κ1) is 14.2. The van der Waals surface area contributed by atoms with Crippen molar-refractivity contribution in [3.8, 4) is 0 Å². The van der Waals surface area contributed by atoms with E-state index in [4.69, 9.17) is 0 Å². The third-order valence-corrected chi connectivity index (χ3v) is 4.49. The van der Waals surface area contributed by atoms with Gasteiger partial charge in [-0.25, -0.2) is 0 Å². The Morgan fingerprint density at radius 1 is 1.31 bits per heavy atom. The van der Waals surface area contributed by atoms with Crippen LogP contribution in [0, 0.1) is 5.92 Å². The highest BCUT2D eigenvalue weighted by atomic mass is 79.9. The molecule has 0 unspecified atom stereocenters. The first-order valence-electron chi connectivity index (χ1n) is 6.12. The summed E-state index contributed by atoms with van der Waals surface area (Å²) in [5.41, 5.74) is 0. The van der Waals surface area contributed by atoms with E-state index in [1.165, 1.54) is 41.6 Å². The van der Waals surface area contributed by atoms with Gasteiger partial charge in [-0.05, 0) is 65.6 Å². The van der Waals surface area contributed by atoms with Crippen molar-refractivity contribution >= 4 is 27.3 Å². The predicted octanol–water partition coefficient (Wildman–Crippen LogP) is 4.47. The second-order valence-electron chi connectivity index (χ2n) is 4.60. The Morgan fingerprint density at radius 3 is 2.75 bits per heavy atom. The zero-order valence-corrected chi connectivity index (χ0v) is 12.7. The molecular weight excluding hydrogens is 282 g/mol. The Kier molecular flexibility index (Phi) is 7.33. The maximum atomic E-state index is 3.57. The zero-order chi connectivity index (χ0) is 11.8. The van der Waals surface area contributed by atoms with Crippen LogP contribution >= 0.6 is 27.3 Å². The van der Waals surface area contributed by atoms with Crippen molar-refractivity contribution in [1.29, 1.82) is 0 Å². The number of rotatable bonds is 8. The van der Waals surface area contributed by atoms with Gasteiger partial charge in [0.15, 0.2) is 0 Å². The lowest BCUT2D eigenvalue weighted by molar-refractivity contribution is 0.530. The molecular formula is C13H22BrNS. The fourth-order valence-electron chi connectivity index (χ4n) is 1.61. The molecule has 0 aromatic carbocycles. The lowest BCUT2D eigenvalue weighted by Gasteiger charge is -2.06. The first-order chi connectivity index (χ1) is 7.70. The van der Waals surface area contributed by atoms with E-state index in [1.807, 2.05) is 11.3 Å². The highest BCUT2D eigenvalue weighted by Crippen LogP contribution is 2.24. The summed E-state index contributed by atoms with van der Waals surface area (Å²) in [6.45, 7) is 6.82. The van der Waals surface area contributed by atoms with Crippen LogP contribution in [0.4, 0.5) is 0 Å². The summed E-state index contributed by atoms with van der Waals surface area (Å²) in [4.78, 5) is 1.50. The molecule has 0 aliphatic rings. The van der Waals surface area contributed by atoms with Crippen molar-refractivity contribution in [3.63, 3.8) is 0 Å². The van der Waals surface area contributed by atoms with Gasteiger partial charge in [0, 0.05) is 9.35 Å². The molecule has 1 nitrogen and oxygen atoms in total. The molecule has 0 atom stereocenters. The molecule has 0 bridgehead atoms. The van der Waals surface area contributed by atoms with E-state index in [2.05, 4.69) is 46.5 Å². The molecule has 0 aliphatic carbocycles. The van der Waals surface area contributed by atoms with Crippen LogP contribution in [-0.2, 0) is 6.42 Å². The van der Waals surface area contributed by atoms with Gasteiger partial charge in [0.05, 0.1) is 0 Å². The molecule has 0 radical (unpaired) electrons. The number of nitrogens with one attached hydrogen (secondary N) is 1. The first-order valence-corrected chi connectivity index (χ1v) is 7.80. The van der Waals surface area contributed by atoms with Crippen LogP contribution in [0.5, 0.6) is 0 Å². The van der Waals surface area contributed by atoms with Gasteiger partial charge in [-0.15, -0.1) is 11.3 Å². The summed E-state index contributed by atoms with van der Waals surface area (Å²) >= 11 is 5.43. The van der Waals surface area contributed by atoms with Gasteiger partial charge in [0.1, 0.15) is 0 Å². The topological polar surface area (TPSA) is 12.0 Å². The maximum absolute atomic E-state index is 3.57. The number of unbranched alkanes of at least 4 members (excludes halogenated alkanes) is 2. The SMILES string of the molecule is CC(C)CNCCCCCc1sccc1Br. The van der Waals surface area contributed by atoms with Crippen LogP contribution in [-0.4, -0.2) is 13.1 Å². The third-order valence-electron chi connectivity index (χ3n) is 2.50. The van der Waals surface area contributed by atoms with Crippen LogP contribution in [0.15, 0.2) is 15.9 Å². The minimum Gasteiger partial charge on any atom is -0.316 e. The van der Waals surface area contributed by atoms with Crippen molar-refractivity contribution < 1.29 is 0 Å². The van der Waals surface area contributed by atoms with Crippen molar-refractivity contribution in [2.45, 2.75) is 39.5 Å². The maximum Gasteiger partial charge on any atom is 0.0314 e. The monoisotopic (exact) mass is 303 g/mol. The van der Waals surface area contributed by atoms with Crippen molar-refractivity contribution in [2.24, 2.45) is 5.92 Å². The predicted molar refractivity (Wildman–Crippen MR) is 77.3 cm³/mol. The molecule has 1 rings (SSSR count). The summed E-state index contributed by atoms with van der Waals surface area (Å²) in [6, 6.07) is 2.14. The number of aryl methyl sites for hydroxylation is 1. The van der Waals surface area contributed by atoms with E-state index in [1.54, 1.807) is 0 Å². The molecule has 92 valence electrons. The van der Waals surface area contributed by atoms with Crippen LogP contribution in [0.3, 0.4) is 0 Å². The van der Waals surface area contributed by atoms with Crippen molar-refractivity contribution in [1.82, 2.24) is 5.32 Å². The number of thiophene rings is 1. The van der Waals surface area contributed by atoms with Crippen molar-refractivity contribution in [3.05, 3.63) is 20.8 Å². The summed E-state index contributed by atoms with van der Waals surface area (Å²) in [5, 5.41) is 5.64. The largest absolute Gasteiger partial charge is 0.316 e. The highest BCUT2D eigenvalue weighted by Gasteiger charge is 2.00. The average molecular weight is 304 g/mol. The van der Waals surface area contributed by atoms with Gasteiger partial charge in [-0.3, -0.25) is 0 Å². The minimum absolute atomic E-state index is 0.766. The van der Waals surface area contributed by atoms with Gasteiger partial charge in [0.2, 0.25) is 0 Å². The summed E-state index contributed by atoms with van der Waals surface area (Å²) in [5.74, 6) is 0.766. The van der Waals surface area contributed by atoms with Gasteiger partial charge < -0.3 is 5.32 Å². The third kappa shape index (κ3) is 6.02. The second kappa shape index (κ2) is 8.26. The van der Waals surface area contributed by atoms with Gasteiger partial charge in [0.25, 0.3) is 0 Å². The fourth-order valence-corrected chi connectivity index (χ4v) is 3.20. The summed E-state index contributed by atoms with van der Waals surface area (Å²) < 4.78 is 1.29. The molecule has 0 aliphatic heterocycles. The summed E-state index contributed by atoms with van der Waals surface area (Å²) in [7, 11) is 0. The standard InChI is InChI=1S/C13H22BrNS/c1-11(2)10-15-8-5-3-4-6-13-12(14)7-9-16-13/h7,9,11,15H,3-6,8,10H2,1-2H3. The molecule has 0 saturated carbocycles. The molecule has 3 heteroatoms. The Hall–Kier alpha value is 0.140. The van der Waals surface area contributed by atoms with E-state index in [-0.39, 0.29) is 0 Å². The van der Waals surface area contributed by atoms with Crippen LogP contribution in [0.2, 0.25) is 0 Å². The lowest BCUT2D eigenvalue weighted by Crippen LogP contribution is -2.20. The second-order valence-corrected chi connectivity index (χ2v) is 6.46. The van der Waals surface area contributed by atoms with Crippen LogP contribution < -0.4 is 5.32 Å². The Bertz CT molecular complexity index is 283. The highest BCUT2D eigenvalue weighted by molar-refractivity contribution is 9.10. The Balaban J connectivity index is 1.94. The number of hydrogen-bond acceptors (Lipinski definition) is 2. The molecule has 1 aromatic rings. The van der Waals surface area contributed by atoms with Gasteiger partial charge in [-0.2, -0.15) is 0 Å². The van der Waals surface area contributed by atoms with E-state index in [0.29, 0.717) is 0 Å². The van der Waals surface area contributed by atoms with E-state index < -0.39 is 0 Å². The fraction of sp³-hybridized carbons (Fsp3) is 0.692. The van der Waals surface area contributed by atoms with Crippen molar-refractivity contribution in [2.75, 3.05) is 13.1 Å². The lowest BCUT2D eigenvalue weighted by atomic mass is 10.1. The Morgan fingerprint density at radius 2 is 2.12 bits per heavy atom.